The molecule has 3 aliphatic rings. The van der Waals surface area contributed by atoms with Gasteiger partial charge in [-0.3, -0.25) is 0 Å². The molecule has 12 rings (SSSR count). The number of hydrogen-bond donors (Lipinski definition) is 0. The van der Waals surface area contributed by atoms with Crippen molar-refractivity contribution in [2.24, 2.45) is 0 Å². The second kappa shape index (κ2) is 12.7. The van der Waals surface area contributed by atoms with E-state index in [1.54, 1.807) is 0 Å². The third-order valence-corrected chi connectivity index (χ3v) is 12.1. The summed E-state index contributed by atoms with van der Waals surface area (Å²) in [6.45, 7) is 0. The van der Waals surface area contributed by atoms with E-state index in [2.05, 4.69) is 211 Å². The Kier molecular flexibility index (Phi) is 7.14. The number of benzene rings is 9. The minimum atomic E-state index is -0.479. The van der Waals surface area contributed by atoms with Gasteiger partial charge in [0.15, 0.2) is 23.0 Å². The molecule has 0 radical (unpaired) electrons. The Hall–Kier alpha value is -7.62. The number of rotatable bonds is 5. The molecule has 3 heteroatoms. The molecule has 3 nitrogen and oxygen atoms in total. The first-order valence-electron chi connectivity index (χ1n) is 19.8. The molecule has 0 N–H and O–H groups in total. The third kappa shape index (κ3) is 4.68. The van der Waals surface area contributed by atoms with Gasteiger partial charge in [-0.15, -0.1) is 0 Å². The lowest BCUT2D eigenvalue weighted by atomic mass is 9.70. The zero-order valence-electron chi connectivity index (χ0n) is 31.5. The largest absolute Gasteiger partial charge is 0.449 e. The summed E-state index contributed by atoms with van der Waals surface area (Å²) in [4.78, 5) is 2.27. The van der Waals surface area contributed by atoms with Gasteiger partial charge in [0.05, 0.1) is 11.1 Å². The summed E-state index contributed by atoms with van der Waals surface area (Å²) in [5.41, 5.74) is 17.0. The maximum Gasteiger partial charge on any atom is 0.194 e. The summed E-state index contributed by atoms with van der Waals surface area (Å²) in [7, 11) is 0. The molecular weight excluding hydrogens is 707 g/mol. The second-order valence-electron chi connectivity index (χ2n) is 15.2. The van der Waals surface area contributed by atoms with Crippen molar-refractivity contribution in [2.45, 2.75) is 5.41 Å². The number of nitrogens with zero attached hydrogens (tertiary/aromatic N) is 1. The van der Waals surface area contributed by atoms with Crippen molar-refractivity contribution in [1.82, 2.24) is 0 Å². The van der Waals surface area contributed by atoms with E-state index in [-0.39, 0.29) is 0 Å². The van der Waals surface area contributed by atoms with Crippen molar-refractivity contribution in [2.75, 3.05) is 4.90 Å². The van der Waals surface area contributed by atoms with Crippen LogP contribution in [0, 0.1) is 0 Å². The van der Waals surface area contributed by atoms with Crippen LogP contribution in [0.4, 0.5) is 17.1 Å². The number of para-hydroxylation sites is 2. The lowest BCUT2D eigenvalue weighted by Crippen LogP contribution is -2.25. The SMILES string of the molecule is c1ccc(-c2ccc(-c3cccc(N(c4ccccc4)c4cccc5c4Oc4c(ccc6c4-c4ccccc4C64c6ccccc6-c6ccccc64)O5)c3)cc2)cc1. The van der Waals surface area contributed by atoms with Crippen LogP contribution in [-0.4, -0.2) is 0 Å². The molecule has 0 aromatic heterocycles. The van der Waals surface area contributed by atoms with Gasteiger partial charge in [-0.2, -0.15) is 0 Å². The smallest absolute Gasteiger partial charge is 0.194 e. The Labute approximate surface area is 337 Å². The molecule has 0 atom stereocenters. The summed E-state index contributed by atoms with van der Waals surface area (Å²) < 4.78 is 14.2. The van der Waals surface area contributed by atoms with Crippen LogP contribution >= 0.6 is 0 Å². The first kappa shape index (κ1) is 32.6. The maximum atomic E-state index is 7.31. The van der Waals surface area contributed by atoms with Crippen LogP contribution in [0.15, 0.2) is 212 Å². The van der Waals surface area contributed by atoms with Gasteiger partial charge < -0.3 is 14.4 Å². The monoisotopic (exact) mass is 741 g/mol. The molecule has 9 aromatic carbocycles. The van der Waals surface area contributed by atoms with E-state index in [1.165, 1.54) is 44.5 Å². The van der Waals surface area contributed by atoms with Gasteiger partial charge in [-0.05, 0) is 104 Å². The fourth-order valence-corrected chi connectivity index (χ4v) is 9.71. The Morgan fingerprint density at radius 1 is 0.328 bits per heavy atom. The zero-order valence-corrected chi connectivity index (χ0v) is 31.5. The van der Waals surface area contributed by atoms with E-state index < -0.39 is 5.41 Å². The Morgan fingerprint density at radius 3 is 1.55 bits per heavy atom. The molecule has 9 aromatic rings. The first-order valence-corrected chi connectivity index (χ1v) is 19.8. The van der Waals surface area contributed by atoms with Crippen LogP contribution in [0.5, 0.6) is 23.0 Å². The van der Waals surface area contributed by atoms with Gasteiger partial charge in [0.1, 0.15) is 0 Å². The molecule has 0 saturated carbocycles. The van der Waals surface area contributed by atoms with Crippen molar-refractivity contribution in [3.63, 3.8) is 0 Å². The third-order valence-electron chi connectivity index (χ3n) is 12.1. The molecule has 2 aliphatic carbocycles. The molecule has 0 fully saturated rings. The van der Waals surface area contributed by atoms with Crippen LogP contribution in [0.3, 0.4) is 0 Å². The first-order chi connectivity index (χ1) is 28.8. The van der Waals surface area contributed by atoms with E-state index in [9.17, 15) is 0 Å². The quantitative estimate of drug-likeness (QED) is 0.175. The van der Waals surface area contributed by atoms with Gasteiger partial charge in [0.25, 0.3) is 0 Å². The average Bonchev–Trinajstić information content (AvgIpc) is 3.77. The molecule has 272 valence electrons. The fourth-order valence-electron chi connectivity index (χ4n) is 9.71. The van der Waals surface area contributed by atoms with Crippen LogP contribution in [-0.2, 0) is 5.41 Å². The molecule has 0 unspecified atom stereocenters. The highest BCUT2D eigenvalue weighted by atomic mass is 16.6. The summed E-state index contributed by atoms with van der Waals surface area (Å²) >= 11 is 0. The maximum absolute atomic E-state index is 7.31. The minimum absolute atomic E-state index is 0.479. The highest BCUT2D eigenvalue weighted by Crippen LogP contribution is 2.66. The summed E-state index contributed by atoms with van der Waals surface area (Å²) in [5.74, 6) is 2.80. The number of hydrogen-bond acceptors (Lipinski definition) is 3. The highest BCUT2D eigenvalue weighted by molar-refractivity contribution is 5.98. The van der Waals surface area contributed by atoms with Crippen LogP contribution in [0.25, 0.3) is 44.5 Å². The van der Waals surface area contributed by atoms with Crippen molar-refractivity contribution in [1.29, 1.82) is 0 Å². The average molecular weight is 742 g/mol. The van der Waals surface area contributed by atoms with Crippen LogP contribution in [0.2, 0.25) is 0 Å². The lowest BCUT2D eigenvalue weighted by Gasteiger charge is -2.32. The van der Waals surface area contributed by atoms with Gasteiger partial charge in [0.2, 0.25) is 0 Å². The predicted octanol–water partition coefficient (Wildman–Crippen LogP) is 14.7. The van der Waals surface area contributed by atoms with E-state index in [4.69, 9.17) is 9.47 Å². The molecular formula is C55H35NO2. The second-order valence-corrected chi connectivity index (χ2v) is 15.2. The van der Waals surface area contributed by atoms with E-state index >= 15 is 0 Å². The molecule has 0 amide bonds. The zero-order chi connectivity index (χ0) is 38.2. The Bertz CT molecular complexity index is 3020. The molecule has 1 spiro atoms. The summed E-state index contributed by atoms with van der Waals surface area (Å²) in [6, 6.07) is 75.7. The Balaban J connectivity index is 1.01. The van der Waals surface area contributed by atoms with Crippen molar-refractivity contribution in [3.05, 3.63) is 235 Å². The van der Waals surface area contributed by atoms with Gasteiger partial charge >= 0.3 is 0 Å². The molecule has 1 aliphatic heterocycles. The lowest BCUT2D eigenvalue weighted by molar-refractivity contribution is 0.361. The number of fused-ring (bicyclic) bond motifs is 13. The topological polar surface area (TPSA) is 21.7 Å². The molecule has 0 saturated heterocycles. The standard InChI is InChI=1S/C55H35NO2/c1-3-15-36(16-4-1)37-29-31-38(32-30-37)39-17-13-20-41(35-39)56(40-18-5-2-6-19-40)49-27-14-28-50-53(49)58-54-51(57-50)34-33-48-52(54)44-23-9-12-26-47(44)55(48)45-24-10-7-21-42(45)43-22-8-11-25-46(43)55/h1-35H. The van der Waals surface area contributed by atoms with Crippen molar-refractivity contribution in [3.8, 4) is 67.5 Å². The van der Waals surface area contributed by atoms with Crippen molar-refractivity contribution < 1.29 is 9.47 Å². The number of ether oxygens (including phenoxy) is 2. The number of anilines is 3. The van der Waals surface area contributed by atoms with Gasteiger partial charge in [-0.25, -0.2) is 0 Å². The molecule has 0 bridgehead atoms. The van der Waals surface area contributed by atoms with E-state index in [1.807, 2.05) is 6.07 Å². The minimum Gasteiger partial charge on any atom is -0.449 e. The van der Waals surface area contributed by atoms with Crippen molar-refractivity contribution >= 4 is 17.1 Å². The predicted molar refractivity (Wildman–Crippen MR) is 235 cm³/mol. The molecule has 1 heterocycles. The van der Waals surface area contributed by atoms with Crippen LogP contribution < -0.4 is 14.4 Å². The Morgan fingerprint density at radius 2 is 0.845 bits per heavy atom. The van der Waals surface area contributed by atoms with E-state index in [0.29, 0.717) is 17.2 Å². The molecule has 58 heavy (non-hydrogen) atoms. The normalized spacial score (nSPS) is 13.2. The van der Waals surface area contributed by atoms with Gasteiger partial charge in [0, 0.05) is 16.9 Å². The fraction of sp³-hybridized carbons (Fsp3) is 0.0182. The van der Waals surface area contributed by atoms with E-state index in [0.717, 1.165) is 45.1 Å². The summed E-state index contributed by atoms with van der Waals surface area (Å²) in [6.07, 6.45) is 0. The summed E-state index contributed by atoms with van der Waals surface area (Å²) in [5, 5.41) is 0. The van der Waals surface area contributed by atoms with Crippen LogP contribution in [0.1, 0.15) is 22.3 Å². The highest BCUT2D eigenvalue weighted by Gasteiger charge is 2.53. The van der Waals surface area contributed by atoms with Gasteiger partial charge in [-0.1, -0.05) is 170 Å².